The molecule has 1 unspecified atom stereocenters. The molecular formula is C8H9BrN4OS. The van der Waals surface area contributed by atoms with Crippen molar-refractivity contribution < 1.29 is 5.11 Å². The molecule has 1 atom stereocenters. The maximum atomic E-state index is 9.87. The predicted octanol–water partition coefficient (Wildman–Crippen LogP) is 1.31. The number of aliphatic hydroxyl groups is 1. The first kappa shape index (κ1) is 10.7. The molecule has 7 heteroatoms. The second-order valence-corrected chi connectivity index (χ2v) is 4.94. The SMILES string of the molecule is Cn1nnc(CC(O)c2cc(Br)cs2)n1. The number of thiophene rings is 1. The molecule has 0 spiro atoms. The molecule has 5 nitrogen and oxygen atoms in total. The van der Waals surface area contributed by atoms with Crippen LogP contribution in [-0.2, 0) is 13.5 Å². The van der Waals surface area contributed by atoms with E-state index in [1.54, 1.807) is 7.05 Å². The minimum absolute atomic E-state index is 0.390. The van der Waals surface area contributed by atoms with Gasteiger partial charge in [-0.05, 0) is 27.2 Å². The number of hydrogen-bond acceptors (Lipinski definition) is 5. The van der Waals surface area contributed by atoms with Gasteiger partial charge in [0.1, 0.15) is 0 Å². The van der Waals surface area contributed by atoms with Gasteiger partial charge in [-0.25, -0.2) is 0 Å². The Morgan fingerprint density at radius 1 is 1.67 bits per heavy atom. The largest absolute Gasteiger partial charge is 0.387 e. The molecule has 0 aliphatic carbocycles. The quantitative estimate of drug-likeness (QED) is 0.925. The van der Waals surface area contributed by atoms with Crippen LogP contribution in [0.3, 0.4) is 0 Å². The molecule has 2 rings (SSSR count). The lowest BCUT2D eigenvalue weighted by atomic mass is 10.2. The molecule has 0 aliphatic rings. The van der Waals surface area contributed by atoms with Crippen LogP contribution in [0.2, 0.25) is 0 Å². The van der Waals surface area contributed by atoms with Crippen molar-refractivity contribution in [2.24, 2.45) is 7.05 Å². The molecule has 0 fully saturated rings. The lowest BCUT2D eigenvalue weighted by Crippen LogP contribution is -2.02. The zero-order valence-electron chi connectivity index (χ0n) is 7.96. The van der Waals surface area contributed by atoms with Gasteiger partial charge in [-0.3, -0.25) is 0 Å². The van der Waals surface area contributed by atoms with Crippen LogP contribution in [0.25, 0.3) is 0 Å². The Morgan fingerprint density at radius 3 is 3.00 bits per heavy atom. The van der Waals surface area contributed by atoms with Gasteiger partial charge in [-0.15, -0.1) is 21.5 Å². The zero-order valence-corrected chi connectivity index (χ0v) is 10.4. The summed E-state index contributed by atoms with van der Waals surface area (Å²) in [6.45, 7) is 0. The van der Waals surface area contributed by atoms with Gasteiger partial charge in [0.05, 0.1) is 13.2 Å². The van der Waals surface area contributed by atoms with Gasteiger partial charge in [-0.1, -0.05) is 0 Å². The first-order chi connectivity index (χ1) is 7.15. The van der Waals surface area contributed by atoms with Gasteiger partial charge in [0.25, 0.3) is 0 Å². The van der Waals surface area contributed by atoms with Crippen LogP contribution in [0.1, 0.15) is 16.8 Å². The summed E-state index contributed by atoms with van der Waals surface area (Å²) in [6, 6.07) is 1.89. The second kappa shape index (κ2) is 4.38. The van der Waals surface area contributed by atoms with Gasteiger partial charge in [0.15, 0.2) is 5.82 Å². The number of nitrogens with zero attached hydrogens (tertiary/aromatic N) is 4. The van der Waals surface area contributed by atoms with Gasteiger partial charge in [0, 0.05) is 21.2 Å². The predicted molar refractivity (Wildman–Crippen MR) is 59.5 cm³/mol. The molecule has 2 aromatic rings. The Kier molecular flexibility index (Phi) is 3.13. The third-order valence-electron chi connectivity index (χ3n) is 1.84. The Morgan fingerprint density at radius 2 is 2.47 bits per heavy atom. The van der Waals surface area contributed by atoms with Crippen LogP contribution in [0.15, 0.2) is 15.9 Å². The van der Waals surface area contributed by atoms with Gasteiger partial charge < -0.3 is 5.11 Å². The van der Waals surface area contributed by atoms with Crippen molar-refractivity contribution in [3.05, 3.63) is 26.6 Å². The summed E-state index contributed by atoms with van der Waals surface area (Å²) in [4.78, 5) is 2.28. The van der Waals surface area contributed by atoms with Crippen LogP contribution in [0.4, 0.5) is 0 Å². The molecule has 80 valence electrons. The fourth-order valence-electron chi connectivity index (χ4n) is 1.18. The van der Waals surface area contributed by atoms with E-state index in [0.717, 1.165) is 9.35 Å². The molecule has 0 aliphatic heterocycles. The molecule has 0 aromatic carbocycles. The number of aliphatic hydroxyl groups excluding tert-OH is 1. The standard InChI is InChI=1S/C8H9BrN4OS/c1-13-11-8(10-12-13)3-6(14)7-2-5(9)4-15-7/h2,4,6,14H,3H2,1H3. The van der Waals surface area contributed by atoms with E-state index in [1.807, 2.05) is 11.4 Å². The maximum Gasteiger partial charge on any atom is 0.177 e. The van der Waals surface area contributed by atoms with Crippen molar-refractivity contribution in [2.75, 3.05) is 0 Å². The Hall–Kier alpha value is -0.790. The topological polar surface area (TPSA) is 63.8 Å². The number of hydrogen-bond donors (Lipinski definition) is 1. The average Bonchev–Trinajstić information content (AvgIpc) is 2.75. The number of rotatable bonds is 3. The highest BCUT2D eigenvalue weighted by molar-refractivity contribution is 9.10. The number of aryl methyl sites for hydroxylation is 1. The van der Waals surface area contributed by atoms with Crippen molar-refractivity contribution in [1.29, 1.82) is 0 Å². The Bertz CT molecular complexity index is 455. The lowest BCUT2D eigenvalue weighted by molar-refractivity contribution is 0.179. The second-order valence-electron chi connectivity index (χ2n) is 3.08. The van der Waals surface area contributed by atoms with Crippen molar-refractivity contribution in [3.63, 3.8) is 0 Å². The van der Waals surface area contributed by atoms with Gasteiger partial charge >= 0.3 is 0 Å². The first-order valence-electron chi connectivity index (χ1n) is 4.30. The van der Waals surface area contributed by atoms with Crippen LogP contribution in [-0.4, -0.2) is 25.3 Å². The summed E-state index contributed by atoms with van der Waals surface area (Å²) in [5.74, 6) is 0.550. The maximum absolute atomic E-state index is 9.87. The zero-order chi connectivity index (χ0) is 10.8. The van der Waals surface area contributed by atoms with Crippen molar-refractivity contribution in [1.82, 2.24) is 20.2 Å². The molecule has 0 saturated carbocycles. The van der Waals surface area contributed by atoms with Crippen LogP contribution >= 0.6 is 27.3 Å². The summed E-state index contributed by atoms with van der Waals surface area (Å²) in [5, 5.41) is 23.3. The minimum Gasteiger partial charge on any atom is -0.387 e. The van der Waals surface area contributed by atoms with E-state index in [0.29, 0.717) is 12.2 Å². The third-order valence-corrected chi connectivity index (χ3v) is 3.64. The molecule has 2 heterocycles. The Balaban J connectivity index is 2.06. The van der Waals surface area contributed by atoms with Gasteiger partial charge in [-0.2, -0.15) is 4.80 Å². The summed E-state index contributed by atoms with van der Waals surface area (Å²) >= 11 is 4.85. The van der Waals surface area contributed by atoms with Crippen LogP contribution < -0.4 is 0 Å². The number of tetrazole rings is 1. The van der Waals surface area contributed by atoms with E-state index < -0.39 is 6.10 Å². The minimum atomic E-state index is -0.564. The number of halogens is 1. The molecule has 15 heavy (non-hydrogen) atoms. The molecule has 0 saturated heterocycles. The van der Waals surface area contributed by atoms with E-state index >= 15 is 0 Å². The highest BCUT2D eigenvalue weighted by Gasteiger charge is 2.13. The molecule has 0 radical (unpaired) electrons. The fourth-order valence-corrected chi connectivity index (χ4v) is 2.61. The molecule has 2 aromatic heterocycles. The lowest BCUT2D eigenvalue weighted by Gasteiger charge is -2.03. The van der Waals surface area contributed by atoms with Crippen molar-refractivity contribution in [2.45, 2.75) is 12.5 Å². The van der Waals surface area contributed by atoms with E-state index in [2.05, 4.69) is 31.3 Å². The average molecular weight is 289 g/mol. The van der Waals surface area contributed by atoms with E-state index in [1.165, 1.54) is 16.1 Å². The van der Waals surface area contributed by atoms with Crippen molar-refractivity contribution >= 4 is 27.3 Å². The van der Waals surface area contributed by atoms with Crippen LogP contribution in [0, 0.1) is 0 Å². The van der Waals surface area contributed by atoms with Crippen molar-refractivity contribution in [3.8, 4) is 0 Å². The van der Waals surface area contributed by atoms with E-state index in [4.69, 9.17) is 0 Å². The Labute approximate surface area is 98.9 Å². The normalized spacial score (nSPS) is 13.0. The number of aromatic nitrogens is 4. The van der Waals surface area contributed by atoms with E-state index in [-0.39, 0.29) is 0 Å². The molecular weight excluding hydrogens is 280 g/mol. The molecule has 1 N–H and O–H groups in total. The molecule has 0 amide bonds. The van der Waals surface area contributed by atoms with Gasteiger partial charge in [0.2, 0.25) is 0 Å². The van der Waals surface area contributed by atoms with Crippen LogP contribution in [0.5, 0.6) is 0 Å². The first-order valence-corrected chi connectivity index (χ1v) is 5.97. The third kappa shape index (κ3) is 2.61. The summed E-state index contributed by atoms with van der Waals surface area (Å²) in [5.41, 5.74) is 0. The highest BCUT2D eigenvalue weighted by Crippen LogP contribution is 2.26. The fraction of sp³-hybridized carbons (Fsp3) is 0.375. The summed E-state index contributed by atoms with van der Waals surface area (Å²) < 4.78 is 0.980. The van der Waals surface area contributed by atoms with E-state index in [9.17, 15) is 5.11 Å². The monoisotopic (exact) mass is 288 g/mol. The molecule has 0 bridgehead atoms. The smallest absolute Gasteiger partial charge is 0.177 e. The highest BCUT2D eigenvalue weighted by atomic mass is 79.9. The summed E-state index contributed by atoms with van der Waals surface area (Å²) in [6.07, 6.45) is -0.175. The summed E-state index contributed by atoms with van der Waals surface area (Å²) in [7, 11) is 1.70.